The maximum Gasteiger partial charge on any atom is 0.295 e. The second kappa shape index (κ2) is 9.41. The number of nitrogens with zero attached hydrogens (tertiary/aromatic N) is 1. The SMILES string of the molecule is CCCOc1ccc(C2/C(=C(/O)c3ccc4c(c3)OCCO4)C(=O)C(=O)N2C2CCCC2)cc1. The van der Waals surface area contributed by atoms with Gasteiger partial charge in [0.05, 0.1) is 18.2 Å². The molecule has 1 aliphatic carbocycles. The molecule has 7 heteroatoms. The highest BCUT2D eigenvalue weighted by Gasteiger charge is 2.49. The molecule has 1 atom stereocenters. The van der Waals surface area contributed by atoms with Crippen LogP contribution in [0.25, 0.3) is 5.76 Å². The summed E-state index contributed by atoms with van der Waals surface area (Å²) in [6.07, 6.45) is 4.65. The molecule has 0 aromatic heterocycles. The molecule has 3 aliphatic rings. The zero-order valence-electron chi connectivity index (χ0n) is 19.3. The fourth-order valence-electron chi connectivity index (χ4n) is 5.05. The van der Waals surface area contributed by atoms with Crippen LogP contribution in [-0.4, -0.2) is 47.6 Å². The molecule has 2 fully saturated rings. The predicted molar refractivity (Wildman–Crippen MR) is 126 cm³/mol. The highest BCUT2D eigenvalue weighted by atomic mass is 16.6. The number of ether oxygens (including phenoxy) is 3. The Balaban J connectivity index is 1.58. The number of carbonyl (C=O) groups is 2. The van der Waals surface area contributed by atoms with Crippen molar-refractivity contribution < 1.29 is 28.9 Å². The summed E-state index contributed by atoms with van der Waals surface area (Å²) in [5.41, 5.74) is 1.30. The third-order valence-electron chi connectivity index (χ3n) is 6.68. The molecule has 1 saturated carbocycles. The van der Waals surface area contributed by atoms with Gasteiger partial charge in [-0.3, -0.25) is 9.59 Å². The number of rotatable bonds is 6. The predicted octanol–water partition coefficient (Wildman–Crippen LogP) is 4.61. The number of likely N-dealkylation sites (tertiary alicyclic amines) is 1. The first-order valence-corrected chi connectivity index (χ1v) is 12.0. The zero-order valence-corrected chi connectivity index (χ0v) is 19.3. The van der Waals surface area contributed by atoms with Gasteiger partial charge in [-0.25, -0.2) is 0 Å². The van der Waals surface area contributed by atoms with Crippen molar-refractivity contribution in [2.45, 2.75) is 51.1 Å². The van der Waals surface area contributed by atoms with Crippen LogP contribution >= 0.6 is 0 Å². The van der Waals surface area contributed by atoms with Gasteiger partial charge in [0.15, 0.2) is 11.5 Å². The molecular weight excluding hydrogens is 434 g/mol. The van der Waals surface area contributed by atoms with Crippen molar-refractivity contribution in [2.75, 3.05) is 19.8 Å². The van der Waals surface area contributed by atoms with Gasteiger partial charge < -0.3 is 24.2 Å². The maximum atomic E-state index is 13.3. The number of Topliss-reactive ketones (excluding diaryl/α,β-unsaturated/α-hetero) is 1. The quantitative estimate of drug-likeness (QED) is 0.383. The van der Waals surface area contributed by atoms with Crippen molar-refractivity contribution in [2.24, 2.45) is 0 Å². The lowest BCUT2D eigenvalue weighted by Crippen LogP contribution is -2.37. The molecule has 34 heavy (non-hydrogen) atoms. The van der Waals surface area contributed by atoms with Crippen LogP contribution in [0.15, 0.2) is 48.0 Å². The van der Waals surface area contributed by atoms with Crippen molar-refractivity contribution in [1.29, 1.82) is 0 Å². The van der Waals surface area contributed by atoms with E-state index in [-0.39, 0.29) is 17.4 Å². The average molecular weight is 464 g/mol. The standard InChI is InChI=1S/C27H29NO6/c1-2-13-32-20-10-7-17(8-11-20)24-23(26(30)27(31)28(24)19-5-3-4-6-19)25(29)18-9-12-21-22(16-18)34-15-14-33-21/h7-12,16,19,24,29H,2-6,13-15H2,1H3/b25-23-. The largest absolute Gasteiger partial charge is 0.507 e. The second-order valence-corrected chi connectivity index (χ2v) is 8.92. The monoisotopic (exact) mass is 463 g/mol. The lowest BCUT2D eigenvalue weighted by Gasteiger charge is -2.31. The van der Waals surface area contributed by atoms with Crippen molar-refractivity contribution in [3.8, 4) is 17.2 Å². The maximum absolute atomic E-state index is 13.3. The molecule has 178 valence electrons. The first-order chi connectivity index (χ1) is 16.6. The molecule has 1 unspecified atom stereocenters. The van der Waals surface area contributed by atoms with Crippen molar-refractivity contribution in [3.63, 3.8) is 0 Å². The molecule has 2 aromatic rings. The van der Waals surface area contributed by atoms with Crippen LogP contribution in [-0.2, 0) is 9.59 Å². The number of hydrogen-bond donors (Lipinski definition) is 1. The van der Waals surface area contributed by atoms with Gasteiger partial charge in [0, 0.05) is 11.6 Å². The topological polar surface area (TPSA) is 85.3 Å². The Morgan fingerprint density at radius 3 is 2.44 bits per heavy atom. The van der Waals surface area contributed by atoms with Crippen LogP contribution in [0.4, 0.5) is 0 Å². The molecule has 0 spiro atoms. The number of aliphatic hydroxyl groups is 1. The molecule has 7 nitrogen and oxygen atoms in total. The third kappa shape index (κ3) is 4.00. The third-order valence-corrected chi connectivity index (χ3v) is 6.68. The van der Waals surface area contributed by atoms with Crippen LogP contribution in [0.5, 0.6) is 17.2 Å². The average Bonchev–Trinajstić information content (AvgIpc) is 3.49. The minimum Gasteiger partial charge on any atom is -0.507 e. The van der Waals surface area contributed by atoms with Gasteiger partial charge in [0.25, 0.3) is 11.7 Å². The Morgan fingerprint density at radius 1 is 1.03 bits per heavy atom. The summed E-state index contributed by atoms with van der Waals surface area (Å²) in [5.74, 6) is 0.419. The van der Waals surface area contributed by atoms with Gasteiger partial charge in [-0.15, -0.1) is 0 Å². The molecule has 1 saturated heterocycles. The Labute approximate surface area is 198 Å². The first-order valence-electron chi connectivity index (χ1n) is 12.0. The van der Waals surface area contributed by atoms with Gasteiger partial charge in [0.1, 0.15) is 24.7 Å². The van der Waals surface area contributed by atoms with E-state index in [0.29, 0.717) is 36.9 Å². The number of fused-ring (bicyclic) bond motifs is 1. The van der Waals surface area contributed by atoms with Gasteiger partial charge in [-0.2, -0.15) is 0 Å². The highest BCUT2D eigenvalue weighted by molar-refractivity contribution is 6.46. The van der Waals surface area contributed by atoms with E-state index in [1.165, 1.54) is 0 Å². The number of hydrogen-bond acceptors (Lipinski definition) is 6. The Bertz CT molecular complexity index is 1120. The number of ketones is 1. The fraction of sp³-hybridized carbons (Fsp3) is 0.407. The normalized spacial score (nSPS) is 21.8. The summed E-state index contributed by atoms with van der Waals surface area (Å²) in [4.78, 5) is 28.2. The summed E-state index contributed by atoms with van der Waals surface area (Å²) in [6.45, 7) is 3.53. The molecular formula is C27H29NO6. The lowest BCUT2D eigenvalue weighted by atomic mass is 9.94. The van der Waals surface area contributed by atoms with Gasteiger partial charge in [-0.05, 0) is 55.2 Å². The summed E-state index contributed by atoms with van der Waals surface area (Å²) < 4.78 is 16.9. The molecule has 5 rings (SSSR count). The van der Waals surface area contributed by atoms with Gasteiger partial charge >= 0.3 is 0 Å². The van der Waals surface area contributed by atoms with E-state index in [9.17, 15) is 14.7 Å². The second-order valence-electron chi connectivity index (χ2n) is 8.92. The molecule has 2 aromatic carbocycles. The van der Waals surface area contributed by atoms with Crippen LogP contribution in [0, 0.1) is 0 Å². The van der Waals surface area contributed by atoms with E-state index in [2.05, 4.69) is 0 Å². The van der Waals surface area contributed by atoms with E-state index in [4.69, 9.17) is 14.2 Å². The van der Waals surface area contributed by atoms with Crippen LogP contribution < -0.4 is 14.2 Å². The number of amides is 1. The van der Waals surface area contributed by atoms with Crippen molar-refractivity contribution >= 4 is 17.4 Å². The molecule has 0 bridgehead atoms. The van der Waals surface area contributed by atoms with Crippen molar-refractivity contribution in [3.05, 3.63) is 59.2 Å². The summed E-state index contributed by atoms with van der Waals surface area (Å²) in [5, 5.41) is 11.3. The Morgan fingerprint density at radius 2 is 1.74 bits per heavy atom. The fourth-order valence-corrected chi connectivity index (χ4v) is 5.05. The van der Waals surface area contributed by atoms with E-state index in [1.807, 2.05) is 31.2 Å². The molecule has 1 N–H and O–H groups in total. The van der Waals surface area contributed by atoms with Gasteiger partial charge in [-0.1, -0.05) is 31.9 Å². The van der Waals surface area contributed by atoms with E-state index in [0.717, 1.165) is 43.4 Å². The lowest BCUT2D eigenvalue weighted by molar-refractivity contribution is -0.141. The van der Waals surface area contributed by atoms with Gasteiger partial charge in [0.2, 0.25) is 0 Å². The van der Waals surface area contributed by atoms with Crippen molar-refractivity contribution in [1.82, 2.24) is 4.90 Å². The minimum absolute atomic E-state index is 0.0250. The Hall–Kier alpha value is -3.48. The molecule has 2 aliphatic heterocycles. The summed E-state index contributed by atoms with van der Waals surface area (Å²) in [7, 11) is 0. The molecule has 1 amide bonds. The zero-order chi connectivity index (χ0) is 23.7. The number of aliphatic hydroxyl groups excluding tert-OH is 1. The highest BCUT2D eigenvalue weighted by Crippen LogP contribution is 2.44. The summed E-state index contributed by atoms with van der Waals surface area (Å²) in [6, 6.07) is 11.8. The van der Waals surface area contributed by atoms with Crippen LogP contribution in [0.2, 0.25) is 0 Å². The first kappa shape index (κ1) is 22.3. The number of carbonyl (C=O) groups excluding carboxylic acids is 2. The number of benzene rings is 2. The van der Waals surface area contributed by atoms with E-state index < -0.39 is 17.7 Å². The van der Waals surface area contributed by atoms with E-state index >= 15 is 0 Å². The van der Waals surface area contributed by atoms with E-state index in [1.54, 1.807) is 23.1 Å². The Kier molecular flexibility index (Phi) is 6.18. The molecule has 0 radical (unpaired) electrons. The minimum atomic E-state index is -0.657. The van der Waals surface area contributed by atoms with Crippen LogP contribution in [0.1, 0.15) is 56.2 Å². The summed E-state index contributed by atoms with van der Waals surface area (Å²) >= 11 is 0. The smallest absolute Gasteiger partial charge is 0.295 e. The van der Waals surface area contributed by atoms with Crippen LogP contribution in [0.3, 0.4) is 0 Å². The molecule has 2 heterocycles.